The minimum absolute atomic E-state index is 0.100. The summed E-state index contributed by atoms with van der Waals surface area (Å²) in [6.07, 6.45) is 1.19. The molecule has 0 bridgehead atoms. The highest BCUT2D eigenvalue weighted by molar-refractivity contribution is 4.84. The molecule has 1 heterocycles. The lowest BCUT2D eigenvalue weighted by atomic mass is 9.98. The Bertz CT molecular complexity index is 245. The lowest BCUT2D eigenvalue weighted by molar-refractivity contribution is 0.00593. The maximum Gasteiger partial charge on any atom is 0.0741 e. The molecule has 19 heavy (non-hydrogen) atoms. The lowest BCUT2D eigenvalue weighted by Crippen LogP contribution is -2.53. The zero-order valence-corrected chi connectivity index (χ0v) is 13.3. The van der Waals surface area contributed by atoms with E-state index in [1.165, 1.54) is 6.42 Å². The normalized spacial score (nSPS) is 21.6. The third kappa shape index (κ3) is 6.21. The Balaban J connectivity index is 2.49. The number of nitrogens with zero attached hydrogens (tertiary/aromatic N) is 1. The summed E-state index contributed by atoms with van der Waals surface area (Å²) in [7, 11) is 0. The van der Waals surface area contributed by atoms with Crippen LogP contribution in [0.2, 0.25) is 0 Å². The molecule has 2 N–H and O–H groups in total. The maximum atomic E-state index is 10.00. The molecule has 2 atom stereocenters. The van der Waals surface area contributed by atoms with Gasteiger partial charge in [0.05, 0.1) is 18.8 Å². The molecule has 4 heteroatoms. The summed E-state index contributed by atoms with van der Waals surface area (Å²) < 4.78 is 5.43. The Labute approximate surface area is 118 Å². The third-order valence-corrected chi connectivity index (χ3v) is 4.02. The molecule has 4 nitrogen and oxygen atoms in total. The minimum atomic E-state index is -0.673. The summed E-state index contributed by atoms with van der Waals surface area (Å²) in [4.78, 5) is 2.52. The van der Waals surface area contributed by atoms with Gasteiger partial charge in [0.2, 0.25) is 0 Å². The molecule has 0 aromatic heterocycles. The van der Waals surface area contributed by atoms with Crippen molar-refractivity contribution in [3.8, 4) is 0 Å². The smallest absolute Gasteiger partial charge is 0.0741 e. The first-order valence-electron chi connectivity index (χ1n) is 7.58. The Morgan fingerprint density at radius 1 is 1.21 bits per heavy atom. The fraction of sp³-hybridized carbons (Fsp3) is 1.00. The van der Waals surface area contributed by atoms with Crippen LogP contribution in [0.25, 0.3) is 0 Å². The molecule has 0 spiro atoms. The highest BCUT2D eigenvalue weighted by Crippen LogP contribution is 2.14. The maximum absolute atomic E-state index is 10.00. The van der Waals surface area contributed by atoms with Crippen LogP contribution >= 0.6 is 0 Å². The van der Waals surface area contributed by atoms with Gasteiger partial charge >= 0.3 is 0 Å². The average Bonchev–Trinajstić information content (AvgIpc) is 2.33. The van der Waals surface area contributed by atoms with Crippen molar-refractivity contribution in [3.63, 3.8) is 0 Å². The van der Waals surface area contributed by atoms with E-state index in [9.17, 15) is 5.11 Å². The zero-order chi connectivity index (χ0) is 14.5. The highest BCUT2D eigenvalue weighted by Gasteiger charge is 2.26. The van der Waals surface area contributed by atoms with Crippen molar-refractivity contribution in [3.05, 3.63) is 0 Å². The van der Waals surface area contributed by atoms with Crippen LogP contribution in [0.4, 0.5) is 0 Å². The summed E-state index contributed by atoms with van der Waals surface area (Å²) in [5.41, 5.74) is -0.673. The van der Waals surface area contributed by atoms with Crippen molar-refractivity contribution in [1.82, 2.24) is 10.2 Å². The second-order valence-corrected chi connectivity index (χ2v) is 6.72. The van der Waals surface area contributed by atoms with Crippen LogP contribution < -0.4 is 5.32 Å². The van der Waals surface area contributed by atoms with E-state index in [2.05, 4.69) is 24.1 Å². The molecule has 1 aliphatic heterocycles. The van der Waals surface area contributed by atoms with Crippen molar-refractivity contribution in [2.24, 2.45) is 5.92 Å². The third-order valence-electron chi connectivity index (χ3n) is 4.02. The molecular formula is C15H32N2O2. The van der Waals surface area contributed by atoms with Gasteiger partial charge in [-0.2, -0.15) is 0 Å². The SMILES string of the molecule is CC(C)CC(CNC(C)C(C)(C)O)N1CCOCC1. The van der Waals surface area contributed by atoms with Crippen molar-refractivity contribution in [1.29, 1.82) is 0 Å². The van der Waals surface area contributed by atoms with Crippen molar-refractivity contribution < 1.29 is 9.84 Å². The van der Waals surface area contributed by atoms with Gasteiger partial charge in [-0.15, -0.1) is 0 Å². The topological polar surface area (TPSA) is 44.7 Å². The molecule has 2 unspecified atom stereocenters. The number of hydrogen-bond donors (Lipinski definition) is 2. The first-order valence-corrected chi connectivity index (χ1v) is 7.58. The van der Waals surface area contributed by atoms with Crippen LogP contribution in [-0.4, -0.2) is 60.5 Å². The second-order valence-electron chi connectivity index (χ2n) is 6.72. The lowest BCUT2D eigenvalue weighted by Gasteiger charge is -2.37. The van der Waals surface area contributed by atoms with E-state index in [0.29, 0.717) is 12.0 Å². The van der Waals surface area contributed by atoms with E-state index in [4.69, 9.17) is 4.74 Å². The molecule has 1 aliphatic rings. The van der Waals surface area contributed by atoms with E-state index in [-0.39, 0.29) is 6.04 Å². The van der Waals surface area contributed by atoms with Crippen LogP contribution in [0, 0.1) is 5.92 Å². The summed E-state index contributed by atoms with van der Waals surface area (Å²) >= 11 is 0. The van der Waals surface area contributed by atoms with Gasteiger partial charge < -0.3 is 15.2 Å². The van der Waals surface area contributed by atoms with E-state index in [0.717, 1.165) is 32.8 Å². The molecule has 1 rings (SSSR count). The number of nitrogens with one attached hydrogen (secondary N) is 1. The number of morpholine rings is 1. The average molecular weight is 272 g/mol. The Kier molecular flexibility index (Phi) is 6.74. The van der Waals surface area contributed by atoms with E-state index in [1.807, 2.05) is 20.8 Å². The highest BCUT2D eigenvalue weighted by atomic mass is 16.5. The second kappa shape index (κ2) is 7.58. The van der Waals surface area contributed by atoms with E-state index < -0.39 is 5.60 Å². The Morgan fingerprint density at radius 2 is 1.79 bits per heavy atom. The number of rotatable bonds is 7. The molecule has 0 radical (unpaired) electrons. The molecule has 114 valence electrons. The van der Waals surface area contributed by atoms with Crippen molar-refractivity contribution >= 4 is 0 Å². The predicted octanol–water partition coefficient (Wildman–Crippen LogP) is 1.48. The molecule has 1 fully saturated rings. The molecule has 0 saturated carbocycles. The van der Waals surface area contributed by atoms with Gasteiger partial charge in [0.25, 0.3) is 0 Å². The van der Waals surface area contributed by atoms with Crippen LogP contribution in [0.5, 0.6) is 0 Å². The van der Waals surface area contributed by atoms with Crippen LogP contribution in [0.1, 0.15) is 41.0 Å². The fourth-order valence-electron chi connectivity index (χ4n) is 2.41. The van der Waals surface area contributed by atoms with Gasteiger partial charge in [-0.3, -0.25) is 4.90 Å². The van der Waals surface area contributed by atoms with Crippen molar-refractivity contribution in [2.45, 2.75) is 58.7 Å². The van der Waals surface area contributed by atoms with Gasteiger partial charge in [-0.05, 0) is 33.1 Å². The molecule has 0 aromatic carbocycles. The first-order chi connectivity index (χ1) is 8.80. The number of hydrogen-bond acceptors (Lipinski definition) is 4. The summed E-state index contributed by atoms with van der Waals surface area (Å²) in [5.74, 6) is 0.687. The Hall–Kier alpha value is -0.160. The van der Waals surface area contributed by atoms with Gasteiger partial charge in [0.15, 0.2) is 0 Å². The molecular weight excluding hydrogens is 240 g/mol. The number of ether oxygens (including phenoxy) is 1. The molecule has 0 aromatic rings. The van der Waals surface area contributed by atoms with Crippen LogP contribution in [0.15, 0.2) is 0 Å². The van der Waals surface area contributed by atoms with Crippen LogP contribution in [-0.2, 0) is 4.74 Å². The Morgan fingerprint density at radius 3 is 2.26 bits per heavy atom. The largest absolute Gasteiger partial charge is 0.389 e. The van der Waals surface area contributed by atoms with Gasteiger partial charge in [0.1, 0.15) is 0 Å². The van der Waals surface area contributed by atoms with Gasteiger partial charge in [-0.1, -0.05) is 13.8 Å². The minimum Gasteiger partial charge on any atom is -0.389 e. The zero-order valence-electron chi connectivity index (χ0n) is 13.3. The quantitative estimate of drug-likeness (QED) is 0.737. The van der Waals surface area contributed by atoms with Gasteiger partial charge in [-0.25, -0.2) is 0 Å². The summed E-state index contributed by atoms with van der Waals surface area (Å²) in [5, 5.41) is 13.5. The van der Waals surface area contributed by atoms with Gasteiger partial charge in [0, 0.05) is 31.7 Å². The monoisotopic (exact) mass is 272 g/mol. The fourth-order valence-corrected chi connectivity index (χ4v) is 2.41. The molecule has 1 saturated heterocycles. The molecule has 0 amide bonds. The first kappa shape index (κ1) is 16.9. The summed E-state index contributed by atoms with van der Waals surface area (Å²) in [6, 6.07) is 0.636. The van der Waals surface area contributed by atoms with E-state index >= 15 is 0 Å². The standard InChI is InChI=1S/C15H32N2O2/c1-12(2)10-14(17-6-8-19-9-7-17)11-16-13(3)15(4,5)18/h12-14,16,18H,6-11H2,1-5H3. The van der Waals surface area contributed by atoms with Crippen LogP contribution in [0.3, 0.4) is 0 Å². The van der Waals surface area contributed by atoms with E-state index in [1.54, 1.807) is 0 Å². The number of aliphatic hydroxyl groups is 1. The predicted molar refractivity (Wildman–Crippen MR) is 79.4 cm³/mol. The molecule has 0 aliphatic carbocycles. The summed E-state index contributed by atoms with van der Waals surface area (Å²) in [6.45, 7) is 15.0. The van der Waals surface area contributed by atoms with Crippen molar-refractivity contribution in [2.75, 3.05) is 32.8 Å².